The van der Waals surface area contributed by atoms with Gasteiger partial charge in [0.25, 0.3) is 0 Å². The Balaban J connectivity index is 0.00000204. The molecule has 0 bridgehead atoms. The molecule has 0 aromatic heterocycles. The number of hydrogen-bond donors (Lipinski definition) is 0. The van der Waals surface area contributed by atoms with Crippen molar-refractivity contribution < 1.29 is 57.7 Å². The first-order valence-electron chi connectivity index (χ1n) is 11.7. The molecule has 0 spiro atoms. The van der Waals surface area contributed by atoms with Gasteiger partial charge < -0.3 is 37.2 Å². The van der Waals surface area contributed by atoms with Crippen LogP contribution in [0.15, 0.2) is 96.6 Å². The molecule has 3 aromatic carbocycles. The molecular formula is C30H33Cl3SiTi. The molecule has 1 aliphatic carbocycles. The molecule has 0 amide bonds. The van der Waals surface area contributed by atoms with Crippen molar-refractivity contribution in [2.24, 2.45) is 5.92 Å². The van der Waals surface area contributed by atoms with Crippen molar-refractivity contribution in [3.8, 4) is 0 Å². The fourth-order valence-corrected chi connectivity index (χ4v) is 14.0. The van der Waals surface area contributed by atoms with Crippen molar-refractivity contribution in [1.29, 1.82) is 0 Å². The Labute approximate surface area is 243 Å². The van der Waals surface area contributed by atoms with Gasteiger partial charge in [0.2, 0.25) is 0 Å². The fourth-order valence-electron chi connectivity index (χ4n) is 5.46. The smallest absolute Gasteiger partial charge is 1.00 e. The average molecular weight is 576 g/mol. The molecule has 0 nitrogen and oxygen atoms in total. The summed E-state index contributed by atoms with van der Waals surface area (Å²) in [6, 6.07) is 28.0. The van der Waals surface area contributed by atoms with Crippen molar-refractivity contribution >= 4 is 23.6 Å². The third-order valence-corrected chi connectivity index (χ3v) is 14.8. The van der Waals surface area contributed by atoms with Gasteiger partial charge in [0.1, 0.15) is 0 Å². The number of halogens is 3. The van der Waals surface area contributed by atoms with Gasteiger partial charge in [-0.1, -0.05) is 0 Å². The summed E-state index contributed by atoms with van der Waals surface area (Å²) in [4.78, 5) is 0. The van der Waals surface area contributed by atoms with Gasteiger partial charge in [0.15, 0.2) is 0 Å². The van der Waals surface area contributed by atoms with Crippen LogP contribution in [0, 0.1) is 26.7 Å². The van der Waals surface area contributed by atoms with Gasteiger partial charge in [-0.25, -0.2) is 0 Å². The monoisotopic (exact) mass is 574 g/mol. The maximum absolute atomic E-state index is 2.52. The van der Waals surface area contributed by atoms with E-state index in [-0.39, 0.29) is 40.6 Å². The van der Waals surface area contributed by atoms with Crippen LogP contribution in [0.3, 0.4) is 0 Å². The molecule has 35 heavy (non-hydrogen) atoms. The molecule has 0 radical (unpaired) electrons. The summed E-state index contributed by atoms with van der Waals surface area (Å²) >= 11 is 2.52. The summed E-state index contributed by atoms with van der Waals surface area (Å²) in [6.07, 6.45) is 8.42. The minimum Gasteiger partial charge on any atom is -1.00 e. The van der Waals surface area contributed by atoms with Crippen LogP contribution in [-0.2, 0) is 20.4 Å². The van der Waals surface area contributed by atoms with E-state index >= 15 is 0 Å². The van der Waals surface area contributed by atoms with Crippen molar-refractivity contribution in [3.05, 3.63) is 113 Å². The first kappa shape index (κ1) is 32.0. The Kier molecular flexibility index (Phi) is 11.8. The third kappa shape index (κ3) is 5.62. The van der Waals surface area contributed by atoms with Gasteiger partial charge in [-0.15, -0.1) is 0 Å². The van der Waals surface area contributed by atoms with Crippen LogP contribution in [-0.4, -0.2) is 8.07 Å². The molecule has 4 rings (SSSR count). The van der Waals surface area contributed by atoms with Gasteiger partial charge in [0.05, 0.1) is 0 Å². The van der Waals surface area contributed by atoms with Gasteiger partial charge in [0, 0.05) is 0 Å². The van der Waals surface area contributed by atoms with E-state index in [9.17, 15) is 0 Å². The van der Waals surface area contributed by atoms with Crippen LogP contribution < -0.4 is 52.8 Å². The van der Waals surface area contributed by atoms with Gasteiger partial charge in [-0.05, 0) is 0 Å². The summed E-state index contributed by atoms with van der Waals surface area (Å²) in [5.41, 5.74) is 5.58. The zero-order chi connectivity index (χ0) is 22.9. The molecule has 0 saturated heterocycles. The number of rotatable bonds is 6. The molecule has 1 aliphatic rings. The van der Waals surface area contributed by atoms with Crippen molar-refractivity contribution in [2.45, 2.75) is 44.4 Å². The van der Waals surface area contributed by atoms with E-state index in [2.05, 4.69) is 146 Å². The minimum absolute atomic E-state index is 0. The maximum atomic E-state index is 2.52. The van der Waals surface area contributed by atoms with Crippen LogP contribution in [0.2, 0.25) is 3.34 Å². The molecule has 0 heterocycles. The predicted octanol–water partition coefficient (Wildman–Crippen LogP) is -3.12. The van der Waals surface area contributed by atoms with Gasteiger partial charge in [-0.3, -0.25) is 0 Å². The quantitative estimate of drug-likeness (QED) is 0.216. The number of aryl methyl sites for hydroxylation is 3. The van der Waals surface area contributed by atoms with Gasteiger partial charge in [-0.2, -0.15) is 0 Å². The second-order valence-corrected chi connectivity index (χ2v) is 15.5. The average Bonchev–Trinajstić information content (AvgIpc) is 3.16. The molecule has 2 unspecified atom stereocenters. The van der Waals surface area contributed by atoms with Gasteiger partial charge >= 0.3 is 208 Å². The van der Waals surface area contributed by atoms with E-state index in [1.165, 1.54) is 32.3 Å². The fraction of sp³-hybridized carbons (Fsp3) is 0.267. The molecule has 0 aliphatic heterocycles. The summed E-state index contributed by atoms with van der Waals surface area (Å²) < 4.78 is -0.0438. The van der Waals surface area contributed by atoms with E-state index in [0.29, 0.717) is 5.92 Å². The SMILES string of the molecule is CCC(C)C1=CC=C[C]1([Ti+3])[Si](c1cccc(C)c1)(c1cccc(C)c1)c1cccc(C)c1.[Cl-].[Cl-].[Cl-]. The van der Waals surface area contributed by atoms with E-state index in [1.54, 1.807) is 5.57 Å². The number of allylic oxidation sites excluding steroid dienone is 4. The van der Waals surface area contributed by atoms with Crippen LogP contribution in [0.5, 0.6) is 0 Å². The summed E-state index contributed by atoms with van der Waals surface area (Å²) in [6.45, 7) is 11.4. The standard InChI is InChI=1S/C30H33Si.3ClH.Ti/c1-6-25(5)29-17-10-18-30(29)31(26-14-7-11-22(2)19-26,27-15-8-12-23(3)20-27)28-16-9-13-24(4)21-28;;;;/h7-21,25H,6H2,1-5H3;3*1H;/q;;;;+3/p-3. The van der Waals surface area contributed by atoms with E-state index in [1.807, 2.05) is 0 Å². The van der Waals surface area contributed by atoms with E-state index in [4.69, 9.17) is 0 Å². The molecule has 0 saturated carbocycles. The molecular weight excluding hydrogens is 543 g/mol. The Morgan fingerprint density at radius 2 is 1.14 bits per heavy atom. The van der Waals surface area contributed by atoms with Crippen LogP contribution in [0.4, 0.5) is 0 Å². The molecule has 0 fully saturated rings. The topological polar surface area (TPSA) is 0 Å². The normalized spacial score (nSPS) is 17.5. The maximum Gasteiger partial charge on any atom is -1.00 e. The molecule has 0 N–H and O–H groups in total. The van der Waals surface area contributed by atoms with Crippen LogP contribution in [0.25, 0.3) is 0 Å². The number of benzene rings is 3. The van der Waals surface area contributed by atoms with E-state index < -0.39 is 8.07 Å². The van der Waals surface area contributed by atoms with Crippen molar-refractivity contribution in [3.63, 3.8) is 0 Å². The van der Waals surface area contributed by atoms with Crippen LogP contribution >= 0.6 is 0 Å². The predicted molar refractivity (Wildman–Crippen MR) is 138 cm³/mol. The Bertz CT molecular complexity index is 1090. The second kappa shape index (κ2) is 13.0. The first-order chi connectivity index (χ1) is 15.3. The summed E-state index contributed by atoms with van der Waals surface area (Å²) in [5.74, 6) is 0.543. The molecule has 5 heteroatoms. The molecule has 3 aromatic rings. The third-order valence-electron chi connectivity index (χ3n) is 7.17. The van der Waals surface area contributed by atoms with Crippen LogP contribution in [0.1, 0.15) is 37.0 Å². The largest absolute Gasteiger partial charge is 1.00 e. The Morgan fingerprint density at radius 3 is 1.49 bits per heavy atom. The zero-order valence-electron chi connectivity index (χ0n) is 21.1. The number of hydrogen-bond acceptors (Lipinski definition) is 0. The zero-order valence-corrected chi connectivity index (χ0v) is 25.9. The summed E-state index contributed by atoms with van der Waals surface area (Å²) in [5, 5.41) is 4.49. The van der Waals surface area contributed by atoms with E-state index in [0.717, 1.165) is 6.42 Å². The Hall–Kier alpha value is -1.06. The first-order valence-corrected chi connectivity index (χ1v) is 14.5. The Morgan fingerprint density at radius 1 is 0.743 bits per heavy atom. The van der Waals surface area contributed by atoms with Crippen molar-refractivity contribution in [1.82, 2.24) is 0 Å². The van der Waals surface area contributed by atoms with Crippen molar-refractivity contribution in [2.75, 3.05) is 0 Å². The molecule has 2 atom stereocenters. The summed E-state index contributed by atoms with van der Waals surface area (Å²) in [7, 11) is -2.51. The molecule has 182 valence electrons. The minimum atomic E-state index is -2.51. The second-order valence-electron chi connectivity index (χ2n) is 9.46.